The Hall–Kier alpha value is -2.75. The third-order valence-corrected chi connectivity index (χ3v) is 4.49. The molecule has 0 radical (unpaired) electrons. The molecule has 1 amide bonds. The monoisotopic (exact) mass is 353 g/mol. The number of ether oxygens (including phenoxy) is 2. The SMILES string of the molecule is CC[C@@H](NC(=O)/C=C/c1ccc(OC)c(OC)c1)c1ccc(C)c(C)c1. The van der Waals surface area contributed by atoms with E-state index in [1.165, 1.54) is 11.1 Å². The zero-order valence-electron chi connectivity index (χ0n) is 16.1. The molecule has 138 valence electrons. The largest absolute Gasteiger partial charge is 0.493 e. The Morgan fingerprint density at radius 1 is 1.04 bits per heavy atom. The predicted octanol–water partition coefficient (Wildman–Crippen LogP) is 4.60. The fraction of sp³-hybridized carbons (Fsp3) is 0.318. The molecule has 0 aliphatic rings. The minimum Gasteiger partial charge on any atom is -0.493 e. The van der Waals surface area contributed by atoms with Gasteiger partial charge in [-0.2, -0.15) is 0 Å². The molecule has 2 rings (SSSR count). The minimum atomic E-state index is -0.120. The summed E-state index contributed by atoms with van der Waals surface area (Å²) >= 11 is 0. The number of carbonyl (C=O) groups excluding carboxylic acids is 1. The van der Waals surface area contributed by atoms with E-state index in [1.54, 1.807) is 26.4 Å². The van der Waals surface area contributed by atoms with Crippen LogP contribution >= 0.6 is 0 Å². The molecule has 0 spiro atoms. The van der Waals surface area contributed by atoms with Crippen LogP contribution in [0.5, 0.6) is 11.5 Å². The highest BCUT2D eigenvalue weighted by Gasteiger charge is 2.12. The van der Waals surface area contributed by atoms with E-state index >= 15 is 0 Å². The Morgan fingerprint density at radius 2 is 1.77 bits per heavy atom. The molecule has 0 heterocycles. The maximum Gasteiger partial charge on any atom is 0.244 e. The van der Waals surface area contributed by atoms with Gasteiger partial charge in [-0.3, -0.25) is 4.79 Å². The number of hydrogen-bond acceptors (Lipinski definition) is 3. The smallest absolute Gasteiger partial charge is 0.244 e. The summed E-state index contributed by atoms with van der Waals surface area (Å²) in [6.07, 6.45) is 4.15. The zero-order chi connectivity index (χ0) is 19.1. The standard InChI is InChI=1S/C22H27NO3/c1-6-19(18-10-7-15(2)16(3)13-18)23-22(24)12-9-17-8-11-20(25-4)21(14-17)26-5/h7-14,19H,6H2,1-5H3,(H,23,24)/b12-9+/t19-/m1/s1. The van der Waals surface area contributed by atoms with E-state index in [4.69, 9.17) is 9.47 Å². The molecule has 0 saturated heterocycles. The first-order valence-electron chi connectivity index (χ1n) is 8.76. The first kappa shape index (κ1) is 19.6. The molecular formula is C22H27NO3. The van der Waals surface area contributed by atoms with Gasteiger partial charge < -0.3 is 14.8 Å². The second-order valence-corrected chi connectivity index (χ2v) is 6.26. The number of hydrogen-bond donors (Lipinski definition) is 1. The molecule has 0 saturated carbocycles. The quantitative estimate of drug-likeness (QED) is 0.740. The van der Waals surface area contributed by atoms with Crippen LogP contribution in [0.4, 0.5) is 0 Å². The van der Waals surface area contributed by atoms with Gasteiger partial charge in [0.25, 0.3) is 0 Å². The normalized spacial score (nSPS) is 12.0. The Labute approximate surface area is 155 Å². The third kappa shape index (κ3) is 4.88. The molecule has 1 N–H and O–H groups in total. The molecule has 2 aromatic carbocycles. The maximum absolute atomic E-state index is 12.3. The molecule has 0 fully saturated rings. The van der Waals surface area contributed by atoms with Crippen LogP contribution in [0.1, 0.15) is 41.6 Å². The lowest BCUT2D eigenvalue weighted by molar-refractivity contribution is -0.117. The second-order valence-electron chi connectivity index (χ2n) is 6.26. The summed E-state index contributed by atoms with van der Waals surface area (Å²) in [6, 6.07) is 11.8. The Kier molecular flexibility index (Phi) is 6.84. The van der Waals surface area contributed by atoms with Crippen LogP contribution in [0, 0.1) is 13.8 Å². The fourth-order valence-corrected chi connectivity index (χ4v) is 2.75. The molecule has 0 bridgehead atoms. The molecule has 26 heavy (non-hydrogen) atoms. The van der Waals surface area contributed by atoms with Crippen molar-refractivity contribution in [2.75, 3.05) is 14.2 Å². The highest BCUT2D eigenvalue weighted by Crippen LogP contribution is 2.28. The summed E-state index contributed by atoms with van der Waals surface area (Å²) < 4.78 is 10.5. The van der Waals surface area contributed by atoms with Crippen molar-refractivity contribution in [3.8, 4) is 11.5 Å². The number of carbonyl (C=O) groups is 1. The molecular weight excluding hydrogens is 326 g/mol. The topological polar surface area (TPSA) is 47.6 Å². The predicted molar refractivity (Wildman–Crippen MR) is 106 cm³/mol. The Bertz CT molecular complexity index is 796. The number of nitrogens with one attached hydrogen (secondary N) is 1. The number of rotatable bonds is 7. The molecule has 4 nitrogen and oxygen atoms in total. The summed E-state index contributed by atoms with van der Waals surface area (Å²) in [5, 5.41) is 3.07. The first-order valence-corrected chi connectivity index (χ1v) is 8.76. The molecule has 1 atom stereocenters. The first-order chi connectivity index (χ1) is 12.5. The van der Waals surface area contributed by atoms with Gasteiger partial charge in [0, 0.05) is 6.08 Å². The third-order valence-electron chi connectivity index (χ3n) is 4.49. The van der Waals surface area contributed by atoms with Crippen LogP contribution in [0.15, 0.2) is 42.5 Å². The van der Waals surface area contributed by atoms with Crippen molar-refractivity contribution in [2.24, 2.45) is 0 Å². The maximum atomic E-state index is 12.3. The van der Waals surface area contributed by atoms with Crippen LogP contribution in [0.3, 0.4) is 0 Å². The van der Waals surface area contributed by atoms with Gasteiger partial charge in [-0.05, 0) is 60.7 Å². The van der Waals surface area contributed by atoms with Gasteiger partial charge in [0.2, 0.25) is 5.91 Å². The molecule has 0 aromatic heterocycles. The highest BCUT2D eigenvalue weighted by molar-refractivity contribution is 5.92. The summed E-state index contributed by atoms with van der Waals surface area (Å²) in [6.45, 7) is 6.24. The lowest BCUT2D eigenvalue weighted by Crippen LogP contribution is -2.26. The average Bonchev–Trinajstić information content (AvgIpc) is 2.66. The van der Waals surface area contributed by atoms with Crippen molar-refractivity contribution in [1.82, 2.24) is 5.32 Å². The van der Waals surface area contributed by atoms with Crippen LogP contribution in [-0.2, 0) is 4.79 Å². The summed E-state index contributed by atoms with van der Waals surface area (Å²) in [5.41, 5.74) is 4.49. The van der Waals surface area contributed by atoms with E-state index in [-0.39, 0.29) is 11.9 Å². The number of aryl methyl sites for hydroxylation is 2. The second kappa shape index (κ2) is 9.09. The van der Waals surface area contributed by atoms with Crippen LogP contribution in [0.25, 0.3) is 6.08 Å². The molecule has 4 heteroatoms. The van der Waals surface area contributed by atoms with Gasteiger partial charge in [-0.1, -0.05) is 31.2 Å². The average molecular weight is 353 g/mol. The van der Waals surface area contributed by atoms with Crippen molar-refractivity contribution >= 4 is 12.0 Å². The summed E-state index contributed by atoms with van der Waals surface area (Å²) in [7, 11) is 3.19. The van der Waals surface area contributed by atoms with Gasteiger partial charge in [0.1, 0.15) is 0 Å². The number of amides is 1. The molecule has 0 unspecified atom stereocenters. The van der Waals surface area contributed by atoms with Crippen LogP contribution in [0.2, 0.25) is 0 Å². The van der Waals surface area contributed by atoms with Crippen molar-refractivity contribution in [1.29, 1.82) is 0 Å². The van der Waals surface area contributed by atoms with E-state index in [9.17, 15) is 4.79 Å². The highest BCUT2D eigenvalue weighted by atomic mass is 16.5. The van der Waals surface area contributed by atoms with Gasteiger partial charge >= 0.3 is 0 Å². The number of methoxy groups -OCH3 is 2. The van der Waals surface area contributed by atoms with E-state index in [2.05, 4.69) is 44.3 Å². The minimum absolute atomic E-state index is 0.00291. The van der Waals surface area contributed by atoms with Crippen molar-refractivity contribution in [3.05, 3.63) is 64.7 Å². The Morgan fingerprint density at radius 3 is 2.38 bits per heavy atom. The molecule has 0 aliphatic heterocycles. The summed E-state index contributed by atoms with van der Waals surface area (Å²) in [4.78, 5) is 12.3. The van der Waals surface area contributed by atoms with E-state index in [0.29, 0.717) is 11.5 Å². The lowest BCUT2D eigenvalue weighted by Gasteiger charge is -2.17. The van der Waals surface area contributed by atoms with Crippen molar-refractivity contribution in [2.45, 2.75) is 33.2 Å². The van der Waals surface area contributed by atoms with E-state index in [1.807, 2.05) is 18.2 Å². The fourth-order valence-electron chi connectivity index (χ4n) is 2.75. The lowest BCUT2D eigenvalue weighted by atomic mass is 9.99. The van der Waals surface area contributed by atoms with Crippen molar-refractivity contribution in [3.63, 3.8) is 0 Å². The molecule has 0 aliphatic carbocycles. The van der Waals surface area contributed by atoms with E-state index in [0.717, 1.165) is 17.5 Å². The van der Waals surface area contributed by atoms with Gasteiger partial charge in [0.05, 0.1) is 20.3 Å². The van der Waals surface area contributed by atoms with Gasteiger partial charge in [-0.15, -0.1) is 0 Å². The number of benzene rings is 2. The Balaban J connectivity index is 2.08. The van der Waals surface area contributed by atoms with Crippen LogP contribution < -0.4 is 14.8 Å². The van der Waals surface area contributed by atoms with Crippen LogP contribution in [-0.4, -0.2) is 20.1 Å². The zero-order valence-corrected chi connectivity index (χ0v) is 16.1. The molecule has 2 aromatic rings. The van der Waals surface area contributed by atoms with E-state index < -0.39 is 0 Å². The van der Waals surface area contributed by atoms with Crippen molar-refractivity contribution < 1.29 is 14.3 Å². The van der Waals surface area contributed by atoms with Gasteiger partial charge in [0.15, 0.2) is 11.5 Å². The summed E-state index contributed by atoms with van der Waals surface area (Å²) in [5.74, 6) is 1.18. The van der Waals surface area contributed by atoms with Gasteiger partial charge in [-0.25, -0.2) is 0 Å².